The number of rotatable bonds is 5. The lowest BCUT2D eigenvalue weighted by molar-refractivity contribution is -0.138. The first kappa shape index (κ1) is 21.2. The molecule has 0 saturated carbocycles. The number of hydrogen-bond acceptors (Lipinski definition) is 7. The predicted octanol–water partition coefficient (Wildman–Crippen LogP) is 4.39. The minimum absolute atomic E-state index is 0.000467. The lowest BCUT2D eigenvalue weighted by Crippen LogP contribution is -2.36. The van der Waals surface area contributed by atoms with E-state index in [9.17, 15) is 14.7 Å². The van der Waals surface area contributed by atoms with Gasteiger partial charge in [-0.15, -0.1) is 11.3 Å². The van der Waals surface area contributed by atoms with Crippen LogP contribution in [0, 0.1) is 0 Å². The van der Waals surface area contributed by atoms with Crippen molar-refractivity contribution in [3.05, 3.63) is 68.7 Å². The van der Waals surface area contributed by atoms with Crippen LogP contribution >= 0.6 is 11.3 Å². The number of thiophene rings is 1. The maximum atomic E-state index is 13.4. The fourth-order valence-electron chi connectivity index (χ4n) is 4.45. The van der Waals surface area contributed by atoms with Crippen molar-refractivity contribution < 1.29 is 24.2 Å². The van der Waals surface area contributed by atoms with Gasteiger partial charge in [-0.05, 0) is 49.4 Å². The summed E-state index contributed by atoms with van der Waals surface area (Å²) in [5.74, 6) is -0.616. The van der Waals surface area contributed by atoms with Crippen molar-refractivity contribution in [3.8, 4) is 11.5 Å². The van der Waals surface area contributed by atoms with Crippen LogP contribution in [0.25, 0.3) is 0 Å². The molecule has 6 nitrogen and oxygen atoms in total. The zero-order chi connectivity index (χ0) is 22.1. The number of carbonyl (C=O) groups excluding carboxylic acids is 2. The number of ketones is 1. The number of benzene rings is 1. The van der Waals surface area contributed by atoms with Gasteiger partial charge in [-0.3, -0.25) is 4.79 Å². The molecule has 0 spiro atoms. The zero-order valence-corrected chi connectivity index (χ0v) is 18.5. The molecule has 0 bridgehead atoms. The van der Waals surface area contributed by atoms with Gasteiger partial charge >= 0.3 is 5.97 Å². The molecular weight excluding hydrogens is 414 g/mol. The molecule has 2 N–H and O–H groups in total. The van der Waals surface area contributed by atoms with E-state index in [1.165, 1.54) is 18.1 Å². The first-order valence-corrected chi connectivity index (χ1v) is 11.1. The molecule has 162 valence electrons. The summed E-state index contributed by atoms with van der Waals surface area (Å²) in [6.07, 6.45) is 1.09. The molecule has 0 saturated heterocycles. The van der Waals surface area contributed by atoms with Crippen LogP contribution in [0.2, 0.25) is 0 Å². The third kappa shape index (κ3) is 3.85. The van der Waals surface area contributed by atoms with Crippen LogP contribution in [0.5, 0.6) is 11.5 Å². The van der Waals surface area contributed by atoms with E-state index >= 15 is 0 Å². The van der Waals surface area contributed by atoms with Gasteiger partial charge in [-0.2, -0.15) is 0 Å². The summed E-state index contributed by atoms with van der Waals surface area (Å²) in [5.41, 5.74) is 3.23. The van der Waals surface area contributed by atoms with E-state index < -0.39 is 11.9 Å². The molecule has 0 fully saturated rings. The van der Waals surface area contributed by atoms with E-state index in [1.54, 1.807) is 30.4 Å². The standard InChI is InChI=1S/C24H25NO5S/c1-4-30-24(28)21-13(2)25-16-10-15(20-6-5-9-31-20)11-18(27)23(16)22(21)14-7-8-17(26)19(12-14)29-3/h5-9,12,15,22,25-26H,4,10-11H2,1-3H3/t15-,22+/m0/s1. The molecule has 0 amide bonds. The van der Waals surface area contributed by atoms with Crippen LogP contribution < -0.4 is 10.1 Å². The van der Waals surface area contributed by atoms with Gasteiger partial charge in [0.15, 0.2) is 17.3 Å². The molecule has 7 heteroatoms. The molecule has 1 aromatic heterocycles. The number of phenolic OH excluding ortho intramolecular Hbond substituents is 1. The Kier molecular flexibility index (Phi) is 5.87. The minimum Gasteiger partial charge on any atom is -0.504 e. The molecule has 31 heavy (non-hydrogen) atoms. The van der Waals surface area contributed by atoms with Crippen LogP contribution in [0.15, 0.2) is 58.3 Å². The smallest absolute Gasteiger partial charge is 0.336 e. The van der Waals surface area contributed by atoms with E-state index in [0.717, 1.165) is 5.70 Å². The molecule has 2 aliphatic rings. The van der Waals surface area contributed by atoms with Crippen molar-refractivity contribution in [2.24, 2.45) is 0 Å². The second-order valence-electron chi connectivity index (χ2n) is 7.68. The summed E-state index contributed by atoms with van der Waals surface area (Å²) in [4.78, 5) is 27.5. The number of dihydropyridines is 1. The topological polar surface area (TPSA) is 84.9 Å². The van der Waals surface area contributed by atoms with Crippen LogP contribution in [-0.4, -0.2) is 30.6 Å². The third-order valence-electron chi connectivity index (χ3n) is 5.81. The van der Waals surface area contributed by atoms with Crippen molar-refractivity contribution in [1.29, 1.82) is 0 Å². The fourth-order valence-corrected chi connectivity index (χ4v) is 5.28. The lowest BCUT2D eigenvalue weighted by atomic mass is 9.72. The molecule has 2 atom stereocenters. The Morgan fingerprint density at radius 1 is 1.29 bits per heavy atom. The number of ether oxygens (including phenoxy) is 2. The van der Waals surface area contributed by atoms with Crippen molar-refractivity contribution in [2.45, 2.75) is 38.5 Å². The van der Waals surface area contributed by atoms with Crippen molar-refractivity contribution >= 4 is 23.1 Å². The monoisotopic (exact) mass is 439 g/mol. The maximum absolute atomic E-state index is 13.4. The molecular formula is C24H25NO5S. The highest BCUT2D eigenvalue weighted by Gasteiger charge is 2.41. The van der Waals surface area contributed by atoms with Crippen LogP contribution in [-0.2, 0) is 14.3 Å². The molecule has 1 aromatic carbocycles. The Balaban J connectivity index is 1.84. The second-order valence-corrected chi connectivity index (χ2v) is 8.66. The SMILES string of the molecule is CCOC(=O)C1=C(C)NC2=C(C(=O)C[C@@H](c3cccs3)C2)[C@@H]1c1ccc(O)c(OC)c1. The third-order valence-corrected chi connectivity index (χ3v) is 6.84. The highest BCUT2D eigenvalue weighted by molar-refractivity contribution is 7.10. The number of allylic oxidation sites excluding steroid dienone is 3. The Morgan fingerprint density at radius 3 is 2.77 bits per heavy atom. The predicted molar refractivity (Wildman–Crippen MR) is 118 cm³/mol. The van der Waals surface area contributed by atoms with Gasteiger partial charge in [0.05, 0.1) is 19.3 Å². The van der Waals surface area contributed by atoms with E-state index in [-0.39, 0.29) is 24.1 Å². The highest BCUT2D eigenvalue weighted by atomic mass is 32.1. The molecule has 0 unspecified atom stereocenters. The minimum atomic E-state index is -0.582. The summed E-state index contributed by atoms with van der Waals surface area (Å²) in [6, 6.07) is 8.99. The van der Waals surface area contributed by atoms with E-state index in [1.807, 2.05) is 18.4 Å². The second kappa shape index (κ2) is 8.59. The van der Waals surface area contributed by atoms with Crippen molar-refractivity contribution in [2.75, 3.05) is 13.7 Å². The number of hydrogen-bond donors (Lipinski definition) is 2. The molecule has 2 heterocycles. The van der Waals surface area contributed by atoms with Crippen LogP contribution in [0.3, 0.4) is 0 Å². The lowest BCUT2D eigenvalue weighted by Gasteiger charge is -2.36. The molecule has 2 aromatic rings. The summed E-state index contributed by atoms with van der Waals surface area (Å²) >= 11 is 1.65. The average Bonchev–Trinajstić information content (AvgIpc) is 3.28. The van der Waals surface area contributed by atoms with Gasteiger partial charge in [0.25, 0.3) is 0 Å². The average molecular weight is 440 g/mol. The Bertz CT molecular complexity index is 1080. The van der Waals surface area contributed by atoms with Crippen molar-refractivity contribution in [3.63, 3.8) is 0 Å². The molecule has 0 radical (unpaired) electrons. The number of esters is 1. The Morgan fingerprint density at radius 2 is 2.10 bits per heavy atom. The maximum Gasteiger partial charge on any atom is 0.336 e. The summed E-state index contributed by atoms with van der Waals surface area (Å²) < 4.78 is 10.6. The van der Waals surface area contributed by atoms with E-state index in [2.05, 4.69) is 11.4 Å². The Labute approximate surface area is 185 Å². The van der Waals surface area contributed by atoms with Crippen molar-refractivity contribution in [1.82, 2.24) is 5.32 Å². The largest absolute Gasteiger partial charge is 0.504 e. The van der Waals surface area contributed by atoms with Gasteiger partial charge in [-0.1, -0.05) is 12.1 Å². The number of methoxy groups -OCH3 is 1. The number of phenols is 1. The summed E-state index contributed by atoms with van der Waals surface area (Å²) in [6.45, 7) is 3.83. The number of carbonyl (C=O) groups is 2. The molecule has 1 aliphatic heterocycles. The van der Waals surface area contributed by atoms with Crippen LogP contribution in [0.1, 0.15) is 49.0 Å². The quantitative estimate of drug-likeness (QED) is 0.673. The number of Topliss-reactive ketones (excluding diaryl/α,β-unsaturated/α-hetero) is 1. The van der Waals surface area contributed by atoms with Gasteiger partial charge in [-0.25, -0.2) is 4.79 Å². The van der Waals surface area contributed by atoms with Gasteiger partial charge in [0.2, 0.25) is 0 Å². The number of aromatic hydroxyl groups is 1. The zero-order valence-electron chi connectivity index (χ0n) is 17.7. The van der Waals surface area contributed by atoms with E-state index in [4.69, 9.17) is 9.47 Å². The molecule has 1 aliphatic carbocycles. The summed E-state index contributed by atoms with van der Waals surface area (Å²) in [5, 5.41) is 15.4. The Hall–Kier alpha value is -3.06. The van der Waals surface area contributed by atoms with Crippen LogP contribution in [0.4, 0.5) is 0 Å². The fraction of sp³-hybridized carbons (Fsp3) is 0.333. The van der Waals surface area contributed by atoms with Gasteiger partial charge < -0.3 is 19.9 Å². The van der Waals surface area contributed by atoms with E-state index in [0.29, 0.717) is 41.0 Å². The highest BCUT2D eigenvalue weighted by Crippen LogP contribution is 2.47. The van der Waals surface area contributed by atoms with Gasteiger partial charge in [0.1, 0.15) is 0 Å². The molecule has 4 rings (SSSR count). The first-order valence-electron chi connectivity index (χ1n) is 10.3. The summed E-state index contributed by atoms with van der Waals surface area (Å²) in [7, 11) is 1.47. The number of nitrogens with one attached hydrogen (secondary N) is 1. The normalized spacial score (nSPS) is 20.9. The first-order chi connectivity index (χ1) is 14.9. The van der Waals surface area contributed by atoms with Gasteiger partial charge in [0, 0.05) is 40.1 Å².